The first kappa shape index (κ1) is 23.6. The molecule has 5 rings (SSSR count). The van der Waals surface area contributed by atoms with Gasteiger partial charge in [0, 0.05) is 45.9 Å². The van der Waals surface area contributed by atoms with Crippen molar-refractivity contribution in [3.05, 3.63) is 107 Å². The zero-order chi connectivity index (χ0) is 25.2. The van der Waals surface area contributed by atoms with E-state index in [1.807, 2.05) is 24.3 Å². The summed E-state index contributed by atoms with van der Waals surface area (Å²) in [5.74, 6) is -0.160. The van der Waals surface area contributed by atoms with Crippen molar-refractivity contribution >= 4 is 45.8 Å². The van der Waals surface area contributed by atoms with Gasteiger partial charge in [-0.25, -0.2) is 0 Å². The number of rotatable bonds is 7. The van der Waals surface area contributed by atoms with Gasteiger partial charge in [0.05, 0.1) is 7.11 Å². The number of halogens is 1. The van der Waals surface area contributed by atoms with Crippen molar-refractivity contribution in [3.8, 4) is 5.75 Å². The molecule has 0 atom stereocenters. The highest BCUT2D eigenvalue weighted by Crippen LogP contribution is 2.30. The van der Waals surface area contributed by atoms with Gasteiger partial charge in [-0.3, -0.25) is 19.3 Å². The molecule has 0 radical (unpaired) electrons. The summed E-state index contributed by atoms with van der Waals surface area (Å²) in [6, 6.07) is 24.8. The summed E-state index contributed by atoms with van der Waals surface area (Å²) in [4.78, 5) is 42.8. The molecule has 0 fully saturated rings. The van der Waals surface area contributed by atoms with Crippen molar-refractivity contribution in [2.45, 2.75) is 6.42 Å². The summed E-state index contributed by atoms with van der Waals surface area (Å²) in [5.41, 5.74) is 2.21. The lowest BCUT2D eigenvalue weighted by Crippen LogP contribution is -2.42. The smallest absolute Gasteiger partial charge is 0.261 e. The molecule has 0 N–H and O–H groups in total. The van der Waals surface area contributed by atoms with Gasteiger partial charge in [-0.1, -0.05) is 35.9 Å². The van der Waals surface area contributed by atoms with Crippen molar-refractivity contribution in [2.75, 3.05) is 25.1 Å². The molecule has 4 aromatic carbocycles. The van der Waals surface area contributed by atoms with E-state index in [4.69, 9.17) is 16.3 Å². The second-order valence-electron chi connectivity index (χ2n) is 8.49. The van der Waals surface area contributed by atoms with Crippen LogP contribution in [-0.2, 0) is 0 Å². The average Bonchev–Trinajstić information content (AvgIpc) is 2.91. The van der Waals surface area contributed by atoms with Crippen LogP contribution in [0.2, 0.25) is 5.02 Å². The fraction of sp³-hybridized carbons (Fsp3) is 0.138. The van der Waals surface area contributed by atoms with E-state index in [0.29, 0.717) is 51.5 Å². The molecule has 4 aromatic rings. The van der Waals surface area contributed by atoms with Crippen LogP contribution in [0.4, 0.5) is 5.69 Å². The van der Waals surface area contributed by atoms with E-state index in [9.17, 15) is 14.4 Å². The number of hydrogen-bond acceptors (Lipinski definition) is 4. The predicted molar refractivity (Wildman–Crippen MR) is 140 cm³/mol. The molecule has 0 aromatic heterocycles. The maximum Gasteiger partial charge on any atom is 0.261 e. The highest BCUT2D eigenvalue weighted by atomic mass is 35.5. The van der Waals surface area contributed by atoms with Gasteiger partial charge in [0.1, 0.15) is 5.75 Å². The summed E-state index contributed by atoms with van der Waals surface area (Å²) >= 11 is 6.00. The number of hydrogen-bond donors (Lipinski definition) is 0. The highest BCUT2D eigenvalue weighted by Gasteiger charge is 2.32. The minimum absolute atomic E-state index is 0.183. The summed E-state index contributed by atoms with van der Waals surface area (Å²) in [6.07, 6.45) is 0.404. The lowest BCUT2D eigenvalue weighted by atomic mass is 9.94. The Bertz CT molecular complexity index is 1410. The van der Waals surface area contributed by atoms with E-state index in [1.54, 1.807) is 72.7 Å². The molecule has 0 unspecified atom stereocenters. The standard InChI is InChI=1S/C29H23ClN2O4/c1-36-23-15-13-22(14-16-23)31(27(33)20-9-11-21(30)12-10-20)17-4-18-32-28(34)24-7-2-5-19-6-3-8-25(26(19)24)29(32)35/h2-3,5-16H,4,17-18H2,1H3. The van der Waals surface area contributed by atoms with Crippen LogP contribution in [0.5, 0.6) is 5.75 Å². The molecular formula is C29H23ClN2O4. The van der Waals surface area contributed by atoms with Crippen molar-refractivity contribution < 1.29 is 19.1 Å². The van der Waals surface area contributed by atoms with Gasteiger partial charge in [-0.15, -0.1) is 0 Å². The van der Waals surface area contributed by atoms with Crippen LogP contribution in [-0.4, -0.2) is 42.8 Å². The zero-order valence-corrected chi connectivity index (χ0v) is 20.4. The molecule has 180 valence electrons. The number of anilines is 1. The van der Waals surface area contributed by atoms with E-state index < -0.39 is 0 Å². The molecule has 0 saturated heterocycles. The Morgan fingerprint density at radius 2 is 1.47 bits per heavy atom. The fourth-order valence-electron chi connectivity index (χ4n) is 4.53. The Labute approximate surface area is 213 Å². The number of imide groups is 1. The zero-order valence-electron chi connectivity index (χ0n) is 19.6. The van der Waals surface area contributed by atoms with Crippen LogP contribution >= 0.6 is 11.6 Å². The summed E-state index contributed by atoms with van der Waals surface area (Å²) in [6.45, 7) is 0.486. The topological polar surface area (TPSA) is 66.9 Å². The van der Waals surface area contributed by atoms with Crippen molar-refractivity contribution in [3.63, 3.8) is 0 Å². The van der Waals surface area contributed by atoms with Gasteiger partial charge in [0.25, 0.3) is 17.7 Å². The number of ether oxygens (including phenoxy) is 1. The number of methoxy groups -OCH3 is 1. The van der Waals surface area contributed by atoms with Gasteiger partial charge in [-0.2, -0.15) is 0 Å². The molecule has 0 bridgehead atoms. The maximum atomic E-state index is 13.4. The predicted octanol–water partition coefficient (Wildman–Crippen LogP) is 5.83. The van der Waals surface area contributed by atoms with Gasteiger partial charge in [0.2, 0.25) is 0 Å². The van der Waals surface area contributed by atoms with E-state index >= 15 is 0 Å². The second kappa shape index (κ2) is 9.84. The molecular weight excluding hydrogens is 476 g/mol. The minimum atomic E-state index is -0.315. The lowest BCUT2D eigenvalue weighted by Gasteiger charge is -2.29. The monoisotopic (exact) mass is 498 g/mol. The van der Waals surface area contributed by atoms with Gasteiger partial charge in [0.15, 0.2) is 0 Å². The lowest BCUT2D eigenvalue weighted by molar-refractivity contribution is 0.0610. The minimum Gasteiger partial charge on any atom is -0.497 e. The first-order valence-electron chi connectivity index (χ1n) is 11.6. The first-order chi connectivity index (χ1) is 17.5. The Morgan fingerprint density at radius 3 is 2.06 bits per heavy atom. The molecule has 36 heavy (non-hydrogen) atoms. The van der Waals surface area contributed by atoms with E-state index in [0.717, 1.165) is 5.39 Å². The average molecular weight is 499 g/mol. The largest absolute Gasteiger partial charge is 0.497 e. The molecule has 7 heteroatoms. The third-order valence-electron chi connectivity index (χ3n) is 6.34. The quantitative estimate of drug-likeness (QED) is 0.300. The maximum absolute atomic E-state index is 13.4. The van der Waals surface area contributed by atoms with Crippen molar-refractivity contribution in [1.82, 2.24) is 4.90 Å². The third-order valence-corrected chi connectivity index (χ3v) is 6.59. The molecule has 0 aliphatic carbocycles. The molecule has 0 spiro atoms. The first-order valence-corrected chi connectivity index (χ1v) is 11.9. The molecule has 1 aliphatic rings. The summed E-state index contributed by atoms with van der Waals surface area (Å²) < 4.78 is 5.24. The summed E-state index contributed by atoms with van der Waals surface area (Å²) in [7, 11) is 1.58. The number of carbonyl (C=O) groups excluding carboxylic acids is 3. The molecule has 1 heterocycles. The Hall–Kier alpha value is -4.16. The van der Waals surface area contributed by atoms with Crippen LogP contribution < -0.4 is 9.64 Å². The van der Waals surface area contributed by atoms with E-state index in [1.165, 1.54) is 4.90 Å². The van der Waals surface area contributed by atoms with Gasteiger partial charge in [-0.05, 0) is 72.5 Å². The number of nitrogens with zero attached hydrogens (tertiary/aromatic N) is 2. The summed E-state index contributed by atoms with van der Waals surface area (Å²) in [5, 5.41) is 2.11. The van der Waals surface area contributed by atoms with Crippen LogP contribution in [0.25, 0.3) is 10.8 Å². The number of benzene rings is 4. The number of carbonyl (C=O) groups is 3. The van der Waals surface area contributed by atoms with Gasteiger partial charge < -0.3 is 9.64 Å². The Balaban J connectivity index is 1.38. The normalized spacial score (nSPS) is 12.7. The number of amides is 3. The molecule has 1 aliphatic heterocycles. The van der Waals surface area contributed by atoms with Crippen LogP contribution in [0, 0.1) is 0 Å². The van der Waals surface area contributed by atoms with Crippen LogP contribution in [0.15, 0.2) is 84.9 Å². The van der Waals surface area contributed by atoms with Crippen LogP contribution in [0.1, 0.15) is 37.5 Å². The van der Waals surface area contributed by atoms with E-state index in [-0.39, 0.29) is 24.3 Å². The van der Waals surface area contributed by atoms with Crippen molar-refractivity contribution in [1.29, 1.82) is 0 Å². The van der Waals surface area contributed by atoms with Crippen LogP contribution in [0.3, 0.4) is 0 Å². The SMILES string of the molecule is COc1ccc(N(CCCN2C(=O)c3cccc4cccc(c34)C2=O)C(=O)c2ccc(Cl)cc2)cc1. The molecule has 0 saturated carbocycles. The third kappa shape index (κ3) is 4.32. The Morgan fingerprint density at radius 1 is 0.861 bits per heavy atom. The molecule has 6 nitrogen and oxygen atoms in total. The fourth-order valence-corrected chi connectivity index (χ4v) is 4.65. The Kier molecular flexibility index (Phi) is 6.44. The van der Waals surface area contributed by atoms with E-state index in [2.05, 4.69) is 0 Å². The second-order valence-corrected chi connectivity index (χ2v) is 8.92. The van der Waals surface area contributed by atoms with Gasteiger partial charge >= 0.3 is 0 Å². The van der Waals surface area contributed by atoms with Crippen molar-refractivity contribution in [2.24, 2.45) is 0 Å². The highest BCUT2D eigenvalue weighted by molar-refractivity contribution is 6.30. The molecule has 3 amide bonds.